The fourth-order valence-corrected chi connectivity index (χ4v) is 3.59. The molecular weight excluding hydrogens is 402 g/mol. The number of anilines is 3. The summed E-state index contributed by atoms with van der Waals surface area (Å²) in [5.41, 5.74) is 13.4. The van der Waals surface area contributed by atoms with Crippen LogP contribution in [0.15, 0.2) is 53.3 Å². The molecule has 0 radical (unpaired) electrons. The average Bonchev–Trinajstić information content (AvgIpc) is 2.72. The standard InChI is InChI=1S/C21H20ClN7O/c1-11-17(23)27-21(24)28-18(11)25-12(2)19-26-15-10-6-9-14(22)16(15)20(30)29(19)13-7-4-3-5-8-13/h3-10,12H,1-2H3,(H5,23,24,25,27,28)/p+1. The largest absolute Gasteiger partial charge is 0.373 e. The lowest BCUT2D eigenvalue weighted by atomic mass is 10.2. The first-order valence-electron chi connectivity index (χ1n) is 9.35. The number of hydrogen-bond donors (Lipinski definition) is 3. The summed E-state index contributed by atoms with van der Waals surface area (Å²) in [7, 11) is 0. The van der Waals surface area contributed by atoms with E-state index in [2.05, 4.69) is 15.3 Å². The molecule has 6 N–H and O–H groups in total. The van der Waals surface area contributed by atoms with E-state index in [-0.39, 0.29) is 17.5 Å². The minimum atomic E-state index is -0.377. The van der Waals surface area contributed by atoms with E-state index in [1.54, 1.807) is 22.8 Å². The number of aromatic amines is 1. The van der Waals surface area contributed by atoms with Crippen molar-refractivity contribution in [2.24, 2.45) is 0 Å². The normalized spacial score (nSPS) is 12.1. The van der Waals surface area contributed by atoms with Gasteiger partial charge in [-0.25, -0.2) is 9.97 Å². The summed E-state index contributed by atoms with van der Waals surface area (Å²) in [6, 6.07) is 14.2. The third kappa shape index (κ3) is 3.42. The van der Waals surface area contributed by atoms with Crippen molar-refractivity contribution in [3.8, 4) is 5.69 Å². The number of para-hydroxylation sites is 1. The van der Waals surface area contributed by atoms with Gasteiger partial charge in [-0.2, -0.15) is 0 Å². The van der Waals surface area contributed by atoms with Crippen molar-refractivity contribution >= 4 is 40.1 Å². The van der Waals surface area contributed by atoms with Crippen LogP contribution in [0, 0.1) is 6.92 Å². The van der Waals surface area contributed by atoms with Gasteiger partial charge >= 0.3 is 5.95 Å². The second-order valence-corrected chi connectivity index (χ2v) is 7.36. The molecule has 0 aliphatic rings. The van der Waals surface area contributed by atoms with Crippen LogP contribution in [-0.4, -0.2) is 14.5 Å². The maximum Gasteiger partial charge on any atom is 0.344 e. The Bertz CT molecular complexity index is 1300. The molecule has 8 nitrogen and oxygen atoms in total. The van der Waals surface area contributed by atoms with Gasteiger partial charge in [0, 0.05) is 0 Å². The van der Waals surface area contributed by atoms with Gasteiger partial charge in [0.2, 0.25) is 5.82 Å². The van der Waals surface area contributed by atoms with Crippen LogP contribution in [0.3, 0.4) is 0 Å². The van der Waals surface area contributed by atoms with Crippen LogP contribution in [0.4, 0.5) is 17.6 Å². The molecule has 30 heavy (non-hydrogen) atoms. The van der Waals surface area contributed by atoms with Crippen molar-refractivity contribution in [1.29, 1.82) is 0 Å². The fraction of sp³-hybridized carbons (Fsp3) is 0.143. The van der Waals surface area contributed by atoms with Crippen molar-refractivity contribution in [2.75, 3.05) is 16.8 Å². The number of benzene rings is 2. The Hall–Kier alpha value is -3.65. The van der Waals surface area contributed by atoms with E-state index in [1.807, 2.05) is 44.2 Å². The Morgan fingerprint density at radius 1 is 1.10 bits per heavy atom. The maximum atomic E-state index is 13.5. The summed E-state index contributed by atoms with van der Waals surface area (Å²) in [4.78, 5) is 25.2. The molecule has 0 fully saturated rings. The number of nitrogens with one attached hydrogen (secondary N) is 2. The number of hydrogen-bond acceptors (Lipinski definition) is 6. The molecule has 9 heteroatoms. The summed E-state index contributed by atoms with van der Waals surface area (Å²) in [6.45, 7) is 3.73. The number of H-pyrrole nitrogens is 1. The van der Waals surface area contributed by atoms with Crippen LogP contribution >= 0.6 is 11.6 Å². The molecule has 1 unspecified atom stereocenters. The number of rotatable bonds is 4. The highest BCUT2D eigenvalue weighted by atomic mass is 35.5. The second-order valence-electron chi connectivity index (χ2n) is 6.95. The highest BCUT2D eigenvalue weighted by Crippen LogP contribution is 2.25. The number of nitrogen functional groups attached to an aromatic ring is 2. The maximum absolute atomic E-state index is 13.5. The summed E-state index contributed by atoms with van der Waals surface area (Å²) in [6.07, 6.45) is 0. The Balaban J connectivity index is 1.93. The van der Waals surface area contributed by atoms with Gasteiger partial charge in [0.25, 0.3) is 5.56 Å². The van der Waals surface area contributed by atoms with E-state index < -0.39 is 0 Å². The van der Waals surface area contributed by atoms with Crippen molar-refractivity contribution < 1.29 is 4.98 Å². The van der Waals surface area contributed by atoms with Crippen LogP contribution in [-0.2, 0) is 0 Å². The second kappa shape index (κ2) is 7.64. The number of nitrogens with two attached hydrogens (primary N) is 2. The van der Waals surface area contributed by atoms with Crippen LogP contribution in [0.5, 0.6) is 0 Å². The van der Waals surface area contributed by atoms with E-state index in [0.29, 0.717) is 44.6 Å². The Kier molecular flexibility index (Phi) is 5.01. The van der Waals surface area contributed by atoms with Crippen LogP contribution in [0.1, 0.15) is 24.4 Å². The van der Waals surface area contributed by atoms with Gasteiger partial charge in [-0.05, 0) is 38.1 Å². The molecule has 2 heterocycles. The van der Waals surface area contributed by atoms with Gasteiger partial charge < -0.3 is 16.8 Å². The first-order valence-corrected chi connectivity index (χ1v) is 9.72. The monoisotopic (exact) mass is 422 g/mol. The van der Waals surface area contributed by atoms with E-state index in [1.165, 1.54) is 0 Å². The topological polar surface area (TPSA) is 126 Å². The minimum absolute atomic E-state index is 0.187. The van der Waals surface area contributed by atoms with Crippen molar-refractivity contribution in [2.45, 2.75) is 19.9 Å². The van der Waals surface area contributed by atoms with E-state index in [0.717, 1.165) is 0 Å². The van der Waals surface area contributed by atoms with Gasteiger partial charge in [0.15, 0.2) is 5.82 Å². The van der Waals surface area contributed by atoms with Crippen LogP contribution in [0.25, 0.3) is 16.6 Å². The Labute approximate surface area is 177 Å². The predicted octanol–water partition coefficient (Wildman–Crippen LogP) is 2.89. The lowest BCUT2D eigenvalue weighted by Crippen LogP contribution is -2.29. The SMILES string of the molecule is Cc1c(N)nc(N)[nH+]c1NC(C)c1nc2cccc(Cl)c2c(=O)n1-c1ccccc1. The number of halogens is 1. The highest BCUT2D eigenvalue weighted by molar-refractivity contribution is 6.35. The molecule has 152 valence electrons. The predicted molar refractivity (Wildman–Crippen MR) is 119 cm³/mol. The summed E-state index contributed by atoms with van der Waals surface area (Å²) in [5.74, 6) is 1.63. The summed E-state index contributed by atoms with van der Waals surface area (Å²) < 4.78 is 1.56. The van der Waals surface area contributed by atoms with Gasteiger partial charge in [-0.1, -0.05) is 40.9 Å². The van der Waals surface area contributed by atoms with E-state index >= 15 is 0 Å². The Morgan fingerprint density at radius 3 is 2.57 bits per heavy atom. The zero-order valence-electron chi connectivity index (χ0n) is 16.5. The molecule has 4 rings (SSSR count). The summed E-state index contributed by atoms with van der Waals surface area (Å²) in [5, 5.41) is 4.05. The van der Waals surface area contributed by atoms with Crippen LogP contribution < -0.4 is 27.3 Å². The highest BCUT2D eigenvalue weighted by Gasteiger charge is 2.22. The molecular formula is C21H21ClN7O+. The molecule has 0 aliphatic heterocycles. The molecule has 0 saturated heterocycles. The average molecular weight is 423 g/mol. The first-order chi connectivity index (χ1) is 14.4. The number of aromatic nitrogens is 4. The lowest BCUT2D eigenvalue weighted by Gasteiger charge is -2.19. The molecule has 4 aromatic rings. The molecule has 0 spiro atoms. The van der Waals surface area contributed by atoms with Gasteiger partial charge in [0.05, 0.1) is 27.2 Å². The Morgan fingerprint density at radius 2 is 1.83 bits per heavy atom. The third-order valence-electron chi connectivity index (χ3n) is 4.89. The fourth-order valence-electron chi connectivity index (χ4n) is 3.34. The zero-order valence-corrected chi connectivity index (χ0v) is 17.2. The molecule has 2 aromatic carbocycles. The molecule has 2 aromatic heterocycles. The number of fused-ring (bicyclic) bond motifs is 1. The molecule has 0 amide bonds. The van der Waals surface area contributed by atoms with Gasteiger partial charge in [0.1, 0.15) is 11.9 Å². The van der Waals surface area contributed by atoms with E-state index in [9.17, 15) is 4.79 Å². The minimum Gasteiger partial charge on any atom is -0.373 e. The van der Waals surface area contributed by atoms with Gasteiger partial charge in [-0.3, -0.25) is 9.36 Å². The summed E-state index contributed by atoms with van der Waals surface area (Å²) >= 11 is 6.33. The smallest absolute Gasteiger partial charge is 0.344 e. The van der Waals surface area contributed by atoms with Crippen molar-refractivity contribution in [1.82, 2.24) is 14.5 Å². The van der Waals surface area contributed by atoms with E-state index in [4.69, 9.17) is 28.1 Å². The first kappa shape index (κ1) is 19.7. The zero-order chi connectivity index (χ0) is 21.4. The van der Waals surface area contributed by atoms with Gasteiger partial charge in [-0.15, -0.1) is 0 Å². The number of nitrogens with zero attached hydrogens (tertiary/aromatic N) is 3. The van der Waals surface area contributed by atoms with Crippen LogP contribution in [0.2, 0.25) is 5.02 Å². The van der Waals surface area contributed by atoms with Crippen molar-refractivity contribution in [3.05, 3.63) is 75.3 Å². The quantitative estimate of drug-likeness (QED) is 0.464. The molecule has 0 saturated carbocycles. The lowest BCUT2D eigenvalue weighted by molar-refractivity contribution is -0.348. The molecule has 0 bridgehead atoms. The molecule has 1 atom stereocenters. The van der Waals surface area contributed by atoms with Crippen molar-refractivity contribution in [3.63, 3.8) is 0 Å². The molecule has 0 aliphatic carbocycles. The third-order valence-corrected chi connectivity index (χ3v) is 5.20.